The van der Waals surface area contributed by atoms with Crippen LogP contribution in [-0.4, -0.2) is 44.2 Å². The number of methoxy groups -OCH3 is 1. The molecule has 104 valence electrons. The minimum Gasteiger partial charge on any atom is -0.492 e. The van der Waals surface area contributed by atoms with Crippen LogP contribution in [0.5, 0.6) is 5.75 Å². The molecule has 1 fully saturated rings. The van der Waals surface area contributed by atoms with E-state index in [1.165, 1.54) is 7.11 Å². The predicted octanol–water partition coefficient (Wildman–Crippen LogP) is 2.32. The Kier molecular flexibility index (Phi) is 5.22. The standard InChI is InChI=1S/C14H18BrNO3/c1-18-14(17)11-5-6-16(10-11)7-8-19-13-4-2-3-12(15)9-13/h2-4,9,11H,5-8,10H2,1H3. The fourth-order valence-electron chi connectivity index (χ4n) is 2.24. The highest BCUT2D eigenvalue weighted by Crippen LogP contribution is 2.19. The summed E-state index contributed by atoms with van der Waals surface area (Å²) in [7, 11) is 1.45. The van der Waals surface area contributed by atoms with Gasteiger partial charge < -0.3 is 9.47 Å². The lowest BCUT2D eigenvalue weighted by molar-refractivity contribution is -0.144. The Bertz CT molecular complexity index is 438. The lowest BCUT2D eigenvalue weighted by atomic mass is 10.1. The molecule has 4 nitrogen and oxygen atoms in total. The van der Waals surface area contributed by atoms with Crippen LogP contribution in [0.2, 0.25) is 0 Å². The summed E-state index contributed by atoms with van der Waals surface area (Å²) in [5, 5.41) is 0. The van der Waals surface area contributed by atoms with Crippen LogP contribution in [0.4, 0.5) is 0 Å². The first-order chi connectivity index (χ1) is 9.19. The minimum absolute atomic E-state index is 0.0240. The summed E-state index contributed by atoms with van der Waals surface area (Å²) in [5.74, 6) is 0.782. The van der Waals surface area contributed by atoms with Crippen LogP contribution in [0.15, 0.2) is 28.7 Å². The van der Waals surface area contributed by atoms with Crippen molar-refractivity contribution in [2.75, 3.05) is 33.4 Å². The van der Waals surface area contributed by atoms with Crippen molar-refractivity contribution in [3.8, 4) is 5.75 Å². The maximum absolute atomic E-state index is 11.4. The van der Waals surface area contributed by atoms with E-state index in [4.69, 9.17) is 9.47 Å². The third-order valence-electron chi connectivity index (χ3n) is 3.28. The van der Waals surface area contributed by atoms with Crippen molar-refractivity contribution >= 4 is 21.9 Å². The number of hydrogen-bond donors (Lipinski definition) is 0. The van der Waals surface area contributed by atoms with E-state index in [0.717, 1.165) is 36.3 Å². The number of nitrogens with zero attached hydrogens (tertiary/aromatic N) is 1. The van der Waals surface area contributed by atoms with Gasteiger partial charge in [-0.1, -0.05) is 22.0 Å². The minimum atomic E-state index is -0.101. The summed E-state index contributed by atoms with van der Waals surface area (Å²) < 4.78 is 11.5. The maximum Gasteiger partial charge on any atom is 0.310 e. The number of esters is 1. The molecular weight excluding hydrogens is 310 g/mol. The molecular formula is C14H18BrNO3. The third-order valence-corrected chi connectivity index (χ3v) is 3.77. The van der Waals surface area contributed by atoms with Crippen LogP contribution in [-0.2, 0) is 9.53 Å². The van der Waals surface area contributed by atoms with Crippen molar-refractivity contribution in [1.29, 1.82) is 0 Å². The molecule has 0 N–H and O–H groups in total. The van der Waals surface area contributed by atoms with Crippen LogP contribution in [0.1, 0.15) is 6.42 Å². The smallest absolute Gasteiger partial charge is 0.310 e. The van der Waals surface area contributed by atoms with Gasteiger partial charge in [0.25, 0.3) is 0 Å². The number of carbonyl (C=O) groups excluding carboxylic acids is 1. The van der Waals surface area contributed by atoms with Crippen LogP contribution in [0, 0.1) is 5.92 Å². The largest absolute Gasteiger partial charge is 0.492 e. The molecule has 5 heteroatoms. The Balaban J connectivity index is 1.71. The molecule has 1 aromatic rings. The zero-order valence-corrected chi connectivity index (χ0v) is 12.6. The monoisotopic (exact) mass is 327 g/mol. The third kappa shape index (κ3) is 4.21. The number of rotatable bonds is 5. The lowest BCUT2D eigenvalue weighted by Crippen LogP contribution is -2.28. The number of hydrogen-bond acceptors (Lipinski definition) is 4. The Morgan fingerprint density at radius 2 is 2.37 bits per heavy atom. The van der Waals surface area contributed by atoms with Crippen molar-refractivity contribution < 1.29 is 14.3 Å². The molecule has 0 bridgehead atoms. The van der Waals surface area contributed by atoms with Crippen molar-refractivity contribution in [2.45, 2.75) is 6.42 Å². The predicted molar refractivity (Wildman–Crippen MR) is 76.2 cm³/mol. The summed E-state index contributed by atoms with van der Waals surface area (Å²) in [6.07, 6.45) is 0.879. The van der Waals surface area contributed by atoms with Gasteiger partial charge >= 0.3 is 5.97 Å². The normalized spacial score (nSPS) is 19.4. The Hall–Kier alpha value is -1.07. The molecule has 0 radical (unpaired) electrons. The number of carbonyl (C=O) groups is 1. The second-order valence-corrected chi connectivity index (χ2v) is 5.53. The molecule has 1 aromatic carbocycles. The summed E-state index contributed by atoms with van der Waals surface area (Å²) in [6, 6.07) is 7.80. The van der Waals surface area contributed by atoms with Gasteiger partial charge in [-0.25, -0.2) is 0 Å². The summed E-state index contributed by atoms with van der Waals surface area (Å²) in [6.45, 7) is 3.17. The number of ether oxygens (including phenoxy) is 2. The molecule has 19 heavy (non-hydrogen) atoms. The molecule has 1 heterocycles. The van der Waals surface area contributed by atoms with E-state index in [2.05, 4.69) is 20.8 Å². The molecule has 1 unspecified atom stereocenters. The first kappa shape index (κ1) is 14.3. The first-order valence-corrected chi connectivity index (χ1v) is 7.17. The Morgan fingerprint density at radius 1 is 1.53 bits per heavy atom. The molecule has 1 atom stereocenters. The van der Waals surface area contributed by atoms with Crippen molar-refractivity contribution in [1.82, 2.24) is 4.90 Å². The fraction of sp³-hybridized carbons (Fsp3) is 0.500. The average Bonchev–Trinajstić information content (AvgIpc) is 2.87. The van der Waals surface area contributed by atoms with Gasteiger partial charge in [0.05, 0.1) is 13.0 Å². The molecule has 2 rings (SSSR count). The molecule has 0 amide bonds. The van der Waals surface area contributed by atoms with E-state index >= 15 is 0 Å². The SMILES string of the molecule is COC(=O)C1CCN(CCOc2cccc(Br)c2)C1. The quantitative estimate of drug-likeness (QED) is 0.778. The number of halogens is 1. The van der Waals surface area contributed by atoms with Crippen molar-refractivity contribution in [3.05, 3.63) is 28.7 Å². The molecule has 0 aromatic heterocycles. The van der Waals surface area contributed by atoms with Gasteiger partial charge in [-0.15, -0.1) is 0 Å². The first-order valence-electron chi connectivity index (χ1n) is 6.37. The Labute approximate surface area is 121 Å². The lowest BCUT2D eigenvalue weighted by Gasteiger charge is -2.15. The molecule has 1 aliphatic heterocycles. The van der Waals surface area contributed by atoms with Gasteiger partial charge in [0.2, 0.25) is 0 Å². The second-order valence-electron chi connectivity index (χ2n) is 4.62. The zero-order valence-electron chi connectivity index (χ0n) is 11.0. The average molecular weight is 328 g/mol. The zero-order chi connectivity index (χ0) is 13.7. The molecule has 0 spiro atoms. The fourth-order valence-corrected chi connectivity index (χ4v) is 2.62. The van der Waals surface area contributed by atoms with Crippen molar-refractivity contribution in [3.63, 3.8) is 0 Å². The molecule has 0 saturated carbocycles. The number of likely N-dealkylation sites (tertiary alicyclic amines) is 1. The van der Waals surface area contributed by atoms with Gasteiger partial charge in [0.1, 0.15) is 12.4 Å². The molecule has 1 aliphatic rings. The summed E-state index contributed by atoms with van der Waals surface area (Å²) in [5.41, 5.74) is 0. The summed E-state index contributed by atoms with van der Waals surface area (Å²) in [4.78, 5) is 13.6. The van der Waals surface area contributed by atoms with E-state index in [1.807, 2.05) is 24.3 Å². The van der Waals surface area contributed by atoms with Gasteiger partial charge in [-0.2, -0.15) is 0 Å². The van der Waals surface area contributed by atoms with Crippen LogP contribution >= 0.6 is 15.9 Å². The van der Waals surface area contributed by atoms with Crippen LogP contribution in [0.25, 0.3) is 0 Å². The van der Waals surface area contributed by atoms with E-state index in [9.17, 15) is 4.79 Å². The van der Waals surface area contributed by atoms with Crippen LogP contribution in [0.3, 0.4) is 0 Å². The molecule has 0 aliphatic carbocycles. The maximum atomic E-state index is 11.4. The molecule has 1 saturated heterocycles. The highest BCUT2D eigenvalue weighted by Gasteiger charge is 2.28. The van der Waals surface area contributed by atoms with Crippen LogP contribution < -0.4 is 4.74 Å². The second kappa shape index (κ2) is 6.91. The van der Waals surface area contributed by atoms with E-state index in [1.54, 1.807) is 0 Å². The number of benzene rings is 1. The Morgan fingerprint density at radius 3 is 3.11 bits per heavy atom. The summed E-state index contributed by atoms with van der Waals surface area (Å²) >= 11 is 3.41. The highest BCUT2D eigenvalue weighted by atomic mass is 79.9. The van der Waals surface area contributed by atoms with Gasteiger partial charge in [0, 0.05) is 17.6 Å². The van der Waals surface area contributed by atoms with Gasteiger partial charge in [0.15, 0.2) is 0 Å². The topological polar surface area (TPSA) is 38.8 Å². The van der Waals surface area contributed by atoms with Gasteiger partial charge in [-0.3, -0.25) is 9.69 Å². The van der Waals surface area contributed by atoms with Crippen molar-refractivity contribution in [2.24, 2.45) is 5.92 Å². The van der Waals surface area contributed by atoms with E-state index < -0.39 is 0 Å². The van der Waals surface area contributed by atoms with E-state index in [-0.39, 0.29) is 11.9 Å². The highest BCUT2D eigenvalue weighted by molar-refractivity contribution is 9.10. The van der Waals surface area contributed by atoms with Gasteiger partial charge in [-0.05, 0) is 31.2 Å². The van der Waals surface area contributed by atoms with E-state index in [0.29, 0.717) is 6.61 Å².